The Morgan fingerprint density at radius 1 is 1.39 bits per heavy atom. The van der Waals surface area contributed by atoms with E-state index >= 15 is 0 Å². The van der Waals surface area contributed by atoms with Crippen LogP contribution in [0.15, 0.2) is 24.4 Å². The molecule has 4 N–H and O–H groups in total. The van der Waals surface area contributed by atoms with E-state index in [1.165, 1.54) is 0 Å². The number of anilines is 1. The first-order chi connectivity index (χ1) is 13.2. The Morgan fingerprint density at radius 3 is 2.79 bits per heavy atom. The molecule has 0 radical (unpaired) electrons. The number of aromatic amines is 1. The Kier molecular flexibility index (Phi) is 5.25. The molecule has 0 aliphatic carbocycles. The second kappa shape index (κ2) is 7.49. The number of aliphatic hydroxyl groups is 1. The number of carbonyl (C=O) groups excluding carboxylic acids is 1. The fourth-order valence-electron chi connectivity index (χ4n) is 3.08. The number of rotatable bonds is 6. The van der Waals surface area contributed by atoms with Gasteiger partial charge in [0, 0.05) is 29.7 Å². The Balaban J connectivity index is 2.06. The molecule has 0 atom stereocenters. The Morgan fingerprint density at radius 2 is 2.14 bits per heavy atom. The summed E-state index contributed by atoms with van der Waals surface area (Å²) in [6, 6.07) is 7.63. The predicted molar refractivity (Wildman–Crippen MR) is 110 cm³/mol. The summed E-state index contributed by atoms with van der Waals surface area (Å²) >= 11 is 0. The summed E-state index contributed by atoms with van der Waals surface area (Å²) in [6.07, 6.45) is 2.02. The van der Waals surface area contributed by atoms with Gasteiger partial charge in [0.25, 0.3) is 5.91 Å². The smallest absolute Gasteiger partial charge is 0.255 e. The minimum absolute atomic E-state index is 0.106. The first-order valence-electron chi connectivity index (χ1n) is 9.31. The maximum atomic E-state index is 12.8. The quantitative estimate of drug-likeness (QED) is 0.525. The minimum atomic E-state index is -0.843. The summed E-state index contributed by atoms with van der Waals surface area (Å²) in [6.45, 7) is 7.77. The van der Waals surface area contributed by atoms with Crippen LogP contribution in [-0.4, -0.2) is 39.2 Å². The van der Waals surface area contributed by atoms with Crippen molar-refractivity contribution in [3.05, 3.63) is 35.5 Å². The molecule has 0 bridgehead atoms. The monoisotopic (exact) mass is 379 g/mol. The normalized spacial score (nSPS) is 11.8. The van der Waals surface area contributed by atoms with Crippen LogP contribution in [0.25, 0.3) is 21.9 Å². The van der Waals surface area contributed by atoms with Crippen LogP contribution in [0.3, 0.4) is 0 Å². The highest BCUT2D eigenvalue weighted by atomic mass is 16.3. The second-order valence-corrected chi connectivity index (χ2v) is 7.89. The first kappa shape index (κ1) is 19.6. The third-order valence-electron chi connectivity index (χ3n) is 4.44. The lowest BCUT2D eigenvalue weighted by Crippen LogP contribution is -2.31. The molecule has 7 nitrogen and oxygen atoms in total. The number of pyridine rings is 1. The van der Waals surface area contributed by atoms with Crippen molar-refractivity contribution in [2.24, 2.45) is 0 Å². The molecule has 146 valence electrons. The first-order valence-corrected chi connectivity index (χ1v) is 9.31. The Labute approximate surface area is 163 Å². The number of aromatic nitrogens is 2. The summed E-state index contributed by atoms with van der Waals surface area (Å²) in [5.74, 6) is -0.252. The van der Waals surface area contributed by atoms with Crippen molar-refractivity contribution in [3.8, 4) is 6.07 Å². The number of hydrogen-bond acceptors (Lipinski definition) is 5. The predicted octanol–water partition coefficient (Wildman–Crippen LogP) is 3.30. The molecule has 7 heteroatoms. The van der Waals surface area contributed by atoms with Gasteiger partial charge in [0.2, 0.25) is 0 Å². The molecule has 0 aliphatic heterocycles. The fourth-order valence-corrected chi connectivity index (χ4v) is 3.08. The molecular formula is C21H25N5O2. The van der Waals surface area contributed by atoms with Gasteiger partial charge in [-0.1, -0.05) is 0 Å². The lowest BCUT2D eigenvalue weighted by molar-refractivity contribution is 0.0693. The molecule has 1 aromatic carbocycles. The zero-order valence-corrected chi connectivity index (χ0v) is 16.6. The van der Waals surface area contributed by atoms with E-state index in [-0.39, 0.29) is 11.9 Å². The molecule has 3 rings (SSSR count). The molecule has 2 aromatic heterocycles. The zero-order chi connectivity index (χ0) is 20.5. The maximum absolute atomic E-state index is 12.8. The van der Waals surface area contributed by atoms with Crippen molar-refractivity contribution in [2.75, 3.05) is 11.9 Å². The van der Waals surface area contributed by atoms with Crippen LogP contribution in [0.1, 0.15) is 50.0 Å². The second-order valence-electron chi connectivity index (χ2n) is 7.89. The van der Waals surface area contributed by atoms with Crippen LogP contribution in [-0.2, 0) is 0 Å². The van der Waals surface area contributed by atoms with Crippen molar-refractivity contribution >= 4 is 33.5 Å². The van der Waals surface area contributed by atoms with E-state index in [0.717, 1.165) is 21.9 Å². The van der Waals surface area contributed by atoms with Gasteiger partial charge in [-0.2, -0.15) is 5.26 Å². The number of nitrogens with one attached hydrogen (secondary N) is 3. The number of hydrogen-bond donors (Lipinski definition) is 4. The van der Waals surface area contributed by atoms with E-state index in [1.807, 2.05) is 19.9 Å². The van der Waals surface area contributed by atoms with E-state index in [2.05, 4.69) is 26.7 Å². The van der Waals surface area contributed by atoms with Gasteiger partial charge in [0.15, 0.2) is 0 Å². The molecule has 0 aliphatic rings. The highest BCUT2D eigenvalue weighted by Crippen LogP contribution is 2.32. The Bertz CT molecular complexity index is 1070. The molecule has 0 fully saturated rings. The van der Waals surface area contributed by atoms with Crippen LogP contribution in [0.5, 0.6) is 0 Å². The third kappa shape index (κ3) is 4.07. The number of nitriles is 1. The lowest BCUT2D eigenvalue weighted by atomic mass is 10.1. The van der Waals surface area contributed by atoms with Crippen molar-refractivity contribution in [1.82, 2.24) is 15.3 Å². The summed E-state index contributed by atoms with van der Waals surface area (Å²) in [4.78, 5) is 20.6. The van der Waals surface area contributed by atoms with Crippen LogP contribution in [0, 0.1) is 11.3 Å². The number of carbonyl (C=O) groups is 1. The molecule has 1 amide bonds. The van der Waals surface area contributed by atoms with Crippen molar-refractivity contribution in [1.29, 1.82) is 5.26 Å². The van der Waals surface area contributed by atoms with Crippen LogP contribution >= 0.6 is 0 Å². The SMILES string of the molecule is CC(C)Nc1c(C(=O)NCCC(C)(C)O)cnc2c1[nH]c1cc(C#N)ccc12. The highest BCUT2D eigenvalue weighted by Gasteiger charge is 2.20. The van der Waals surface area contributed by atoms with Crippen LogP contribution in [0.4, 0.5) is 5.69 Å². The van der Waals surface area contributed by atoms with Gasteiger partial charge in [-0.3, -0.25) is 9.78 Å². The third-order valence-corrected chi connectivity index (χ3v) is 4.44. The summed E-state index contributed by atoms with van der Waals surface area (Å²) in [7, 11) is 0. The van der Waals surface area contributed by atoms with Gasteiger partial charge in [0.1, 0.15) is 0 Å². The van der Waals surface area contributed by atoms with Crippen molar-refractivity contribution in [3.63, 3.8) is 0 Å². The summed E-state index contributed by atoms with van der Waals surface area (Å²) in [5.41, 5.74) is 3.10. The van der Waals surface area contributed by atoms with Gasteiger partial charge < -0.3 is 20.7 Å². The number of nitrogens with zero attached hydrogens (tertiary/aromatic N) is 2. The average Bonchev–Trinajstić information content (AvgIpc) is 2.98. The summed E-state index contributed by atoms with van der Waals surface area (Å²) < 4.78 is 0. The van der Waals surface area contributed by atoms with Gasteiger partial charge in [0.05, 0.1) is 39.5 Å². The maximum Gasteiger partial charge on any atom is 0.255 e. The largest absolute Gasteiger partial charge is 0.390 e. The van der Waals surface area contributed by atoms with E-state index in [1.54, 1.807) is 32.2 Å². The number of amides is 1. The standard InChI is InChI=1S/C21H25N5O2/c1-12(2)25-18-15(20(27)23-8-7-21(3,4)28)11-24-17-14-6-5-13(10-22)9-16(14)26-19(17)18/h5-6,9,11-12,26,28H,7-8H2,1-4H3,(H,23,27)(H,24,25). The van der Waals surface area contributed by atoms with Gasteiger partial charge in [-0.15, -0.1) is 0 Å². The molecular weight excluding hydrogens is 354 g/mol. The van der Waals surface area contributed by atoms with Gasteiger partial charge >= 0.3 is 0 Å². The molecule has 3 aromatic rings. The molecule has 0 saturated heterocycles. The molecule has 0 unspecified atom stereocenters. The lowest BCUT2D eigenvalue weighted by Gasteiger charge is -2.18. The zero-order valence-electron chi connectivity index (χ0n) is 16.6. The topological polar surface area (TPSA) is 114 Å². The molecule has 28 heavy (non-hydrogen) atoms. The molecule has 0 saturated carbocycles. The van der Waals surface area contributed by atoms with E-state index < -0.39 is 5.60 Å². The van der Waals surface area contributed by atoms with Crippen molar-refractivity contribution in [2.45, 2.75) is 45.8 Å². The minimum Gasteiger partial charge on any atom is -0.390 e. The highest BCUT2D eigenvalue weighted by molar-refractivity contribution is 6.13. The summed E-state index contributed by atoms with van der Waals surface area (Å²) in [5, 5.41) is 26.1. The van der Waals surface area contributed by atoms with Gasteiger partial charge in [-0.25, -0.2) is 0 Å². The molecule has 0 spiro atoms. The van der Waals surface area contributed by atoms with E-state index in [4.69, 9.17) is 5.26 Å². The van der Waals surface area contributed by atoms with Gasteiger partial charge in [-0.05, 0) is 52.3 Å². The average molecular weight is 379 g/mol. The Hall–Kier alpha value is -3.11. The number of H-pyrrole nitrogens is 1. The van der Waals surface area contributed by atoms with Crippen LogP contribution in [0.2, 0.25) is 0 Å². The number of fused-ring (bicyclic) bond motifs is 3. The van der Waals surface area contributed by atoms with E-state index in [0.29, 0.717) is 29.8 Å². The van der Waals surface area contributed by atoms with E-state index in [9.17, 15) is 9.90 Å². The fraction of sp³-hybridized carbons (Fsp3) is 0.381. The van der Waals surface area contributed by atoms with Crippen LogP contribution < -0.4 is 10.6 Å². The van der Waals surface area contributed by atoms with Crippen molar-refractivity contribution < 1.29 is 9.90 Å². The number of benzene rings is 1. The molecule has 2 heterocycles.